The summed E-state index contributed by atoms with van der Waals surface area (Å²) in [6.45, 7) is 0.321. The van der Waals surface area contributed by atoms with Gasteiger partial charge in [-0.05, 0) is 24.5 Å². The first-order valence-electron chi connectivity index (χ1n) is 5.87. The molecule has 2 rings (SSSR count). The van der Waals surface area contributed by atoms with E-state index in [0.717, 1.165) is 37.5 Å². The second kappa shape index (κ2) is 5.14. The summed E-state index contributed by atoms with van der Waals surface area (Å²) in [5, 5.41) is 19.9. The lowest BCUT2D eigenvalue weighted by Gasteiger charge is -2.06. The Balaban J connectivity index is 2.14. The minimum atomic E-state index is -3.77. The quantitative estimate of drug-likeness (QED) is 0.606. The minimum absolute atomic E-state index is 0.215. The molecule has 0 amide bonds. The van der Waals surface area contributed by atoms with Crippen LogP contribution < -0.4 is 4.72 Å². The van der Waals surface area contributed by atoms with Crippen LogP contribution in [0.15, 0.2) is 23.1 Å². The molecular weight excluding hydrogens is 272 g/mol. The zero-order chi connectivity index (χ0) is 14.0. The van der Waals surface area contributed by atoms with E-state index in [4.69, 9.17) is 0 Å². The molecule has 7 nitrogen and oxygen atoms in total. The summed E-state index contributed by atoms with van der Waals surface area (Å²) in [5.74, 6) is 0.0405. The number of nitrogens with zero attached hydrogens (tertiary/aromatic N) is 1. The number of hydrogen-bond donors (Lipinski definition) is 2. The lowest BCUT2D eigenvalue weighted by molar-refractivity contribution is -0.386. The number of nitro groups is 1. The Bertz CT molecular complexity index is 595. The molecule has 1 aromatic rings. The molecule has 19 heavy (non-hydrogen) atoms. The van der Waals surface area contributed by atoms with Crippen LogP contribution in [0.4, 0.5) is 5.69 Å². The summed E-state index contributed by atoms with van der Waals surface area (Å²) >= 11 is 0. The van der Waals surface area contributed by atoms with Crippen molar-refractivity contribution in [1.82, 2.24) is 4.72 Å². The van der Waals surface area contributed by atoms with Gasteiger partial charge in [0.2, 0.25) is 10.0 Å². The number of nitrogens with one attached hydrogen (secondary N) is 1. The van der Waals surface area contributed by atoms with Crippen LogP contribution in [0.5, 0.6) is 5.75 Å². The molecular formula is C11H14N2O5S. The van der Waals surface area contributed by atoms with Gasteiger partial charge in [0.25, 0.3) is 0 Å². The highest BCUT2D eigenvalue weighted by Gasteiger charge is 2.23. The topological polar surface area (TPSA) is 110 Å². The number of sulfonamides is 1. The van der Waals surface area contributed by atoms with Gasteiger partial charge in [-0.15, -0.1) is 0 Å². The number of phenolic OH excluding ortho intramolecular Hbond substituents is 1. The van der Waals surface area contributed by atoms with Crippen LogP contribution in [0, 0.1) is 16.0 Å². The number of nitro benzene ring substituents is 1. The predicted octanol–water partition coefficient (Wildman–Crippen LogP) is 1.38. The Morgan fingerprint density at radius 3 is 2.68 bits per heavy atom. The van der Waals surface area contributed by atoms with E-state index in [9.17, 15) is 23.6 Å². The van der Waals surface area contributed by atoms with Crippen LogP contribution in [0.25, 0.3) is 0 Å². The highest BCUT2D eigenvalue weighted by Crippen LogP contribution is 2.32. The van der Waals surface area contributed by atoms with Gasteiger partial charge in [0.05, 0.1) is 9.82 Å². The normalized spacial score (nSPS) is 15.4. The summed E-state index contributed by atoms with van der Waals surface area (Å²) in [4.78, 5) is 9.61. The van der Waals surface area contributed by atoms with E-state index in [1.807, 2.05) is 0 Å². The average Bonchev–Trinajstić information content (AvgIpc) is 3.12. The van der Waals surface area contributed by atoms with Crippen LogP contribution in [-0.2, 0) is 10.0 Å². The minimum Gasteiger partial charge on any atom is -0.502 e. The maximum atomic E-state index is 11.9. The second-order valence-electron chi connectivity index (χ2n) is 4.54. The fourth-order valence-electron chi connectivity index (χ4n) is 1.70. The highest BCUT2D eigenvalue weighted by molar-refractivity contribution is 7.89. The molecule has 0 saturated heterocycles. The van der Waals surface area contributed by atoms with Gasteiger partial charge in [-0.3, -0.25) is 10.1 Å². The molecule has 104 valence electrons. The van der Waals surface area contributed by atoms with Gasteiger partial charge in [-0.25, -0.2) is 13.1 Å². The van der Waals surface area contributed by atoms with E-state index >= 15 is 0 Å². The first-order chi connectivity index (χ1) is 8.90. The van der Waals surface area contributed by atoms with Crippen LogP contribution in [0.2, 0.25) is 0 Å². The Labute approximate surface area is 110 Å². The Hall–Kier alpha value is -1.67. The van der Waals surface area contributed by atoms with Crippen molar-refractivity contribution < 1.29 is 18.4 Å². The Morgan fingerprint density at radius 2 is 2.11 bits per heavy atom. The fourth-order valence-corrected chi connectivity index (χ4v) is 2.77. The summed E-state index contributed by atoms with van der Waals surface area (Å²) in [6, 6.07) is 3.00. The largest absolute Gasteiger partial charge is 0.502 e. The van der Waals surface area contributed by atoms with Crippen molar-refractivity contribution in [3.63, 3.8) is 0 Å². The molecule has 1 saturated carbocycles. The monoisotopic (exact) mass is 286 g/mol. The van der Waals surface area contributed by atoms with Crippen LogP contribution in [0.3, 0.4) is 0 Å². The van der Waals surface area contributed by atoms with Crippen LogP contribution >= 0.6 is 0 Å². The third-order valence-corrected chi connectivity index (χ3v) is 4.45. The summed E-state index contributed by atoms with van der Waals surface area (Å²) in [5.41, 5.74) is -0.620. The number of hydrogen-bond acceptors (Lipinski definition) is 5. The molecule has 8 heteroatoms. The Kier molecular flexibility index (Phi) is 3.72. The molecule has 0 bridgehead atoms. The molecule has 1 aliphatic carbocycles. The first-order valence-corrected chi connectivity index (χ1v) is 7.35. The number of aromatic hydroxyl groups is 1. The first kappa shape index (κ1) is 13.8. The van der Waals surface area contributed by atoms with Gasteiger partial charge in [0, 0.05) is 12.6 Å². The second-order valence-corrected chi connectivity index (χ2v) is 6.30. The molecule has 1 fully saturated rings. The van der Waals surface area contributed by atoms with Crippen molar-refractivity contribution in [1.29, 1.82) is 0 Å². The van der Waals surface area contributed by atoms with Gasteiger partial charge < -0.3 is 5.11 Å². The van der Waals surface area contributed by atoms with Crippen LogP contribution in [-0.4, -0.2) is 25.0 Å². The lowest BCUT2D eigenvalue weighted by atomic mass is 10.3. The van der Waals surface area contributed by atoms with E-state index in [2.05, 4.69) is 4.72 Å². The molecule has 2 N–H and O–H groups in total. The molecule has 0 atom stereocenters. The summed E-state index contributed by atoms with van der Waals surface area (Å²) < 4.78 is 26.2. The standard InChI is InChI=1S/C11H14N2O5S/c14-11-4-3-9(7-10(11)13(15)16)19(17,18)12-6-5-8-1-2-8/h3-4,7-8,12,14H,1-2,5-6H2. The van der Waals surface area contributed by atoms with E-state index in [1.165, 1.54) is 0 Å². The molecule has 0 spiro atoms. The van der Waals surface area contributed by atoms with E-state index in [1.54, 1.807) is 0 Å². The predicted molar refractivity (Wildman–Crippen MR) is 67.3 cm³/mol. The smallest absolute Gasteiger partial charge is 0.312 e. The molecule has 0 unspecified atom stereocenters. The molecule has 0 aliphatic heterocycles. The van der Waals surface area contributed by atoms with Gasteiger partial charge in [0.15, 0.2) is 5.75 Å². The van der Waals surface area contributed by atoms with E-state index < -0.39 is 26.4 Å². The molecule has 0 aromatic heterocycles. The third kappa shape index (κ3) is 3.42. The van der Waals surface area contributed by atoms with Crippen molar-refractivity contribution >= 4 is 15.7 Å². The maximum absolute atomic E-state index is 11.9. The number of phenols is 1. The van der Waals surface area contributed by atoms with Gasteiger partial charge in [-0.1, -0.05) is 12.8 Å². The van der Waals surface area contributed by atoms with Crippen molar-refractivity contribution in [2.45, 2.75) is 24.2 Å². The zero-order valence-electron chi connectivity index (χ0n) is 10.1. The zero-order valence-corrected chi connectivity index (χ0v) is 10.9. The van der Waals surface area contributed by atoms with Crippen molar-refractivity contribution in [2.75, 3.05) is 6.54 Å². The van der Waals surface area contributed by atoms with E-state index in [-0.39, 0.29) is 4.90 Å². The highest BCUT2D eigenvalue weighted by atomic mass is 32.2. The Morgan fingerprint density at radius 1 is 1.42 bits per heavy atom. The van der Waals surface area contributed by atoms with Gasteiger partial charge >= 0.3 is 5.69 Å². The van der Waals surface area contributed by atoms with Crippen LogP contribution in [0.1, 0.15) is 19.3 Å². The van der Waals surface area contributed by atoms with Crippen molar-refractivity contribution in [3.05, 3.63) is 28.3 Å². The lowest BCUT2D eigenvalue weighted by Crippen LogP contribution is -2.25. The van der Waals surface area contributed by atoms with Gasteiger partial charge in [-0.2, -0.15) is 0 Å². The maximum Gasteiger partial charge on any atom is 0.312 e. The van der Waals surface area contributed by atoms with Crippen molar-refractivity contribution in [2.24, 2.45) is 5.92 Å². The molecule has 1 aromatic carbocycles. The van der Waals surface area contributed by atoms with E-state index in [0.29, 0.717) is 12.5 Å². The SMILES string of the molecule is O=[N+]([O-])c1cc(S(=O)(=O)NCCC2CC2)ccc1O. The van der Waals surface area contributed by atoms with Gasteiger partial charge in [0.1, 0.15) is 0 Å². The van der Waals surface area contributed by atoms with Crippen molar-refractivity contribution in [3.8, 4) is 5.75 Å². The summed E-state index contributed by atoms with van der Waals surface area (Å²) in [6.07, 6.45) is 3.04. The molecule has 0 radical (unpaired) electrons. The third-order valence-electron chi connectivity index (χ3n) is 3.00. The average molecular weight is 286 g/mol. The molecule has 1 aliphatic rings. The molecule has 0 heterocycles. The number of benzene rings is 1. The number of rotatable bonds is 6. The fraction of sp³-hybridized carbons (Fsp3) is 0.455. The summed E-state index contributed by atoms with van der Waals surface area (Å²) in [7, 11) is -3.77.